The summed E-state index contributed by atoms with van der Waals surface area (Å²) in [5.41, 5.74) is 3.93. The average molecular weight is 408 g/mol. The van der Waals surface area contributed by atoms with Gasteiger partial charge in [-0.3, -0.25) is 4.90 Å². The molecule has 4 rings (SSSR count). The van der Waals surface area contributed by atoms with Crippen molar-refractivity contribution < 1.29 is 19.3 Å². The van der Waals surface area contributed by atoms with Crippen LogP contribution in [0.2, 0.25) is 0 Å². The third kappa shape index (κ3) is 4.20. The number of aromatic nitrogens is 1. The minimum absolute atomic E-state index is 0.189. The van der Waals surface area contributed by atoms with E-state index in [-0.39, 0.29) is 6.10 Å². The smallest absolute Gasteiger partial charge is 0.162 e. The third-order valence-electron chi connectivity index (χ3n) is 5.69. The van der Waals surface area contributed by atoms with Gasteiger partial charge >= 0.3 is 0 Å². The Morgan fingerprint density at radius 2 is 1.70 bits per heavy atom. The molecule has 2 heterocycles. The summed E-state index contributed by atoms with van der Waals surface area (Å²) in [7, 11) is 4.94. The summed E-state index contributed by atoms with van der Waals surface area (Å²) in [6.07, 6.45) is 1.42. The molecule has 3 aromatic rings. The van der Waals surface area contributed by atoms with E-state index in [1.165, 1.54) is 0 Å². The molecule has 0 aliphatic carbocycles. The van der Waals surface area contributed by atoms with Gasteiger partial charge in [0.1, 0.15) is 5.75 Å². The summed E-state index contributed by atoms with van der Waals surface area (Å²) in [4.78, 5) is 7.39. The topological polar surface area (TPSA) is 64.0 Å². The molecule has 1 N–H and O–H groups in total. The highest BCUT2D eigenvalue weighted by Gasteiger charge is 2.20. The van der Waals surface area contributed by atoms with E-state index in [1.807, 2.05) is 30.3 Å². The fourth-order valence-electron chi connectivity index (χ4n) is 4.00. The highest BCUT2D eigenvalue weighted by atomic mass is 16.5. The highest BCUT2D eigenvalue weighted by Crippen LogP contribution is 2.35. The van der Waals surface area contributed by atoms with Crippen LogP contribution in [0.25, 0.3) is 22.2 Å². The lowest BCUT2D eigenvalue weighted by Crippen LogP contribution is -2.35. The molecule has 0 amide bonds. The second kappa shape index (κ2) is 8.90. The SMILES string of the molecule is COc1cccc(-c2nc3cc(OC)c(OC)cc3cc2CN2CCC(O)CC2)c1. The Hall–Kier alpha value is -2.83. The number of benzene rings is 2. The number of piperidine rings is 1. The maximum atomic E-state index is 9.85. The quantitative estimate of drug-likeness (QED) is 0.668. The number of aliphatic hydroxyl groups excluding tert-OH is 1. The van der Waals surface area contributed by atoms with Gasteiger partial charge < -0.3 is 19.3 Å². The second-order valence-electron chi connectivity index (χ2n) is 7.64. The van der Waals surface area contributed by atoms with Gasteiger partial charge in [0, 0.05) is 36.7 Å². The first-order chi connectivity index (χ1) is 14.6. The predicted molar refractivity (Wildman–Crippen MR) is 117 cm³/mol. The molecule has 0 radical (unpaired) electrons. The number of rotatable bonds is 6. The van der Waals surface area contributed by atoms with Gasteiger partial charge in [-0.1, -0.05) is 12.1 Å². The number of fused-ring (bicyclic) bond motifs is 1. The Labute approximate surface area is 177 Å². The van der Waals surface area contributed by atoms with E-state index in [0.717, 1.165) is 65.9 Å². The number of aliphatic hydroxyl groups is 1. The molecule has 0 unspecified atom stereocenters. The van der Waals surface area contributed by atoms with E-state index < -0.39 is 0 Å². The van der Waals surface area contributed by atoms with Crippen molar-refractivity contribution in [2.75, 3.05) is 34.4 Å². The monoisotopic (exact) mass is 408 g/mol. The largest absolute Gasteiger partial charge is 0.497 e. The van der Waals surface area contributed by atoms with Gasteiger partial charge in [-0.2, -0.15) is 0 Å². The van der Waals surface area contributed by atoms with Crippen LogP contribution in [-0.4, -0.2) is 55.5 Å². The first kappa shape index (κ1) is 20.4. The fourth-order valence-corrected chi connectivity index (χ4v) is 4.00. The zero-order valence-corrected chi connectivity index (χ0v) is 17.7. The molecule has 6 nitrogen and oxygen atoms in total. The Morgan fingerprint density at radius 1 is 0.967 bits per heavy atom. The number of nitrogens with zero attached hydrogens (tertiary/aromatic N) is 2. The normalized spacial score (nSPS) is 15.3. The molecule has 2 aromatic carbocycles. The number of ether oxygens (including phenoxy) is 3. The maximum absolute atomic E-state index is 9.85. The third-order valence-corrected chi connectivity index (χ3v) is 5.69. The summed E-state index contributed by atoms with van der Waals surface area (Å²) in [6, 6.07) is 14.1. The Balaban J connectivity index is 1.82. The van der Waals surface area contributed by atoms with Crippen molar-refractivity contribution in [3.63, 3.8) is 0 Å². The van der Waals surface area contributed by atoms with Crippen LogP contribution in [-0.2, 0) is 6.54 Å². The van der Waals surface area contributed by atoms with E-state index in [2.05, 4.69) is 17.0 Å². The van der Waals surface area contributed by atoms with E-state index in [9.17, 15) is 5.11 Å². The first-order valence-corrected chi connectivity index (χ1v) is 10.2. The minimum atomic E-state index is -0.189. The Kier molecular flexibility index (Phi) is 6.06. The van der Waals surface area contributed by atoms with Crippen LogP contribution < -0.4 is 14.2 Å². The molecular formula is C24H28N2O4. The van der Waals surface area contributed by atoms with Crippen molar-refractivity contribution in [2.24, 2.45) is 0 Å². The van der Waals surface area contributed by atoms with Crippen molar-refractivity contribution in [1.29, 1.82) is 0 Å². The van der Waals surface area contributed by atoms with Crippen LogP contribution >= 0.6 is 0 Å². The molecule has 0 saturated carbocycles. The molecule has 1 fully saturated rings. The summed E-state index contributed by atoms with van der Waals surface area (Å²) in [6.45, 7) is 2.53. The number of pyridine rings is 1. The van der Waals surface area contributed by atoms with E-state index in [4.69, 9.17) is 19.2 Å². The molecule has 1 aromatic heterocycles. The molecule has 30 heavy (non-hydrogen) atoms. The fraction of sp³-hybridized carbons (Fsp3) is 0.375. The summed E-state index contributed by atoms with van der Waals surface area (Å²) >= 11 is 0. The van der Waals surface area contributed by atoms with Crippen LogP contribution in [0.4, 0.5) is 0 Å². The van der Waals surface area contributed by atoms with Gasteiger partial charge in [0.2, 0.25) is 0 Å². The molecule has 6 heteroatoms. The number of hydrogen-bond donors (Lipinski definition) is 1. The first-order valence-electron chi connectivity index (χ1n) is 10.2. The van der Waals surface area contributed by atoms with Gasteiger partial charge in [0.15, 0.2) is 11.5 Å². The van der Waals surface area contributed by atoms with Gasteiger partial charge in [-0.15, -0.1) is 0 Å². The second-order valence-corrected chi connectivity index (χ2v) is 7.64. The van der Waals surface area contributed by atoms with Crippen LogP contribution in [0, 0.1) is 0 Å². The molecule has 0 atom stereocenters. The summed E-state index contributed by atoms with van der Waals surface area (Å²) in [5, 5.41) is 10.9. The average Bonchev–Trinajstić information content (AvgIpc) is 2.79. The van der Waals surface area contributed by atoms with E-state index >= 15 is 0 Å². The summed E-state index contributed by atoms with van der Waals surface area (Å²) in [5.74, 6) is 2.15. The number of hydrogen-bond acceptors (Lipinski definition) is 6. The Morgan fingerprint density at radius 3 is 2.40 bits per heavy atom. The molecule has 1 aliphatic rings. The maximum Gasteiger partial charge on any atom is 0.162 e. The van der Waals surface area contributed by atoms with Crippen molar-refractivity contribution >= 4 is 10.9 Å². The van der Waals surface area contributed by atoms with Crippen LogP contribution in [0.15, 0.2) is 42.5 Å². The predicted octanol–water partition coefficient (Wildman–Crippen LogP) is 3.88. The molecule has 1 aliphatic heterocycles. The lowest BCUT2D eigenvalue weighted by Gasteiger charge is -2.30. The molecular weight excluding hydrogens is 380 g/mol. The van der Waals surface area contributed by atoms with Gasteiger partial charge in [0.25, 0.3) is 0 Å². The number of likely N-dealkylation sites (tertiary alicyclic amines) is 1. The highest BCUT2D eigenvalue weighted by molar-refractivity contribution is 5.86. The lowest BCUT2D eigenvalue weighted by molar-refractivity contribution is 0.0793. The van der Waals surface area contributed by atoms with E-state index in [0.29, 0.717) is 11.5 Å². The molecule has 0 spiro atoms. The van der Waals surface area contributed by atoms with Gasteiger partial charge in [0.05, 0.1) is 38.6 Å². The lowest BCUT2D eigenvalue weighted by atomic mass is 10.0. The van der Waals surface area contributed by atoms with Crippen molar-refractivity contribution in [2.45, 2.75) is 25.5 Å². The van der Waals surface area contributed by atoms with Crippen LogP contribution in [0.1, 0.15) is 18.4 Å². The minimum Gasteiger partial charge on any atom is -0.497 e. The van der Waals surface area contributed by atoms with Crippen molar-refractivity contribution in [3.05, 3.63) is 48.0 Å². The van der Waals surface area contributed by atoms with Gasteiger partial charge in [-0.05, 0) is 42.7 Å². The van der Waals surface area contributed by atoms with Crippen molar-refractivity contribution in [1.82, 2.24) is 9.88 Å². The number of methoxy groups -OCH3 is 3. The van der Waals surface area contributed by atoms with E-state index in [1.54, 1.807) is 21.3 Å². The summed E-state index contributed by atoms with van der Waals surface area (Å²) < 4.78 is 16.4. The standard InChI is InChI=1S/C24H28N2O4/c1-28-20-6-4-5-16(12-20)24-18(15-26-9-7-19(27)8-10-26)11-17-13-22(29-2)23(30-3)14-21(17)25-24/h4-6,11-14,19,27H,7-10,15H2,1-3H3. The zero-order valence-electron chi connectivity index (χ0n) is 17.7. The van der Waals surface area contributed by atoms with Crippen LogP contribution in [0.3, 0.4) is 0 Å². The van der Waals surface area contributed by atoms with Crippen molar-refractivity contribution in [3.8, 4) is 28.5 Å². The molecule has 0 bridgehead atoms. The molecule has 1 saturated heterocycles. The zero-order chi connectivity index (χ0) is 21.1. The Bertz CT molecular complexity index is 1030. The van der Waals surface area contributed by atoms with Crippen LogP contribution in [0.5, 0.6) is 17.2 Å². The van der Waals surface area contributed by atoms with Gasteiger partial charge in [-0.25, -0.2) is 4.98 Å². The molecule has 158 valence electrons.